The van der Waals surface area contributed by atoms with Crippen LogP contribution in [-0.4, -0.2) is 39.3 Å². The van der Waals surface area contributed by atoms with Crippen molar-refractivity contribution in [2.75, 3.05) is 32.8 Å². The van der Waals surface area contributed by atoms with Crippen LogP contribution >= 0.6 is 0 Å². The molecule has 3 rings (SSSR count). The summed E-state index contributed by atoms with van der Waals surface area (Å²) in [4.78, 5) is 12.4. The van der Waals surface area contributed by atoms with E-state index in [9.17, 15) is 4.79 Å². The Hall–Kier alpha value is -2.77. The summed E-state index contributed by atoms with van der Waals surface area (Å²) in [7, 11) is 3.17. The lowest BCUT2D eigenvalue weighted by Gasteiger charge is -2.22. The van der Waals surface area contributed by atoms with Crippen molar-refractivity contribution in [3.05, 3.63) is 53.6 Å². The van der Waals surface area contributed by atoms with Gasteiger partial charge in [0.25, 0.3) is 0 Å². The third kappa shape index (κ3) is 4.94. The monoisotopic (exact) mass is 386 g/mol. The molecule has 1 aliphatic heterocycles. The van der Waals surface area contributed by atoms with Crippen LogP contribution in [0.1, 0.15) is 18.1 Å². The van der Waals surface area contributed by atoms with Crippen LogP contribution in [0, 0.1) is 0 Å². The minimum atomic E-state index is -0.610. The van der Waals surface area contributed by atoms with Crippen molar-refractivity contribution in [2.45, 2.75) is 25.7 Å². The van der Waals surface area contributed by atoms with Crippen LogP contribution in [0.25, 0.3) is 0 Å². The molecule has 0 saturated carbocycles. The Labute approximate surface area is 164 Å². The van der Waals surface area contributed by atoms with Gasteiger partial charge in [0.05, 0.1) is 39.5 Å². The van der Waals surface area contributed by atoms with E-state index in [1.807, 2.05) is 49.4 Å². The first kappa shape index (κ1) is 20.0. The summed E-state index contributed by atoms with van der Waals surface area (Å²) in [6.07, 6.45) is 0.614. The molecule has 0 aliphatic carbocycles. The molecule has 2 aromatic rings. The number of anilines is 1. The molecule has 7 heteroatoms. The van der Waals surface area contributed by atoms with E-state index in [1.54, 1.807) is 14.2 Å². The molecule has 1 saturated heterocycles. The summed E-state index contributed by atoms with van der Waals surface area (Å²) in [6, 6.07) is 12.8. The topological polar surface area (TPSA) is 78.1 Å². The first-order valence-electron chi connectivity index (χ1n) is 9.14. The number of amides is 2. The first-order valence-corrected chi connectivity index (χ1v) is 9.14. The lowest BCUT2D eigenvalue weighted by atomic mass is 10.1. The Morgan fingerprint density at radius 2 is 1.71 bits per heavy atom. The van der Waals surface area contributed by atoms with E-state index in [1.165, 1.54) is 0 Å². The van der Waals surface area contributed by atoms with E-state index in [4.69, 9.17) is 18.9 Å². The molecule has 0 bridgehead atoms. The van der Waals surface area contributed by atoms with E-state index in [0.29, 0.717) is 36.8 Å². The molecular weight excluding hydrogens is 360 g/mol. The highest BCUT2D eigenvalue weighted by molar-refractivity contribution is 5.89. The van der Waals surface area contributed by atoms with Crippen molar-refractivity contribution < 1.29 is 23.7 Å². The Balaban J connectivity index is 1.60. The van der Waals surface area contributed by atoms with E-state index < -0.39 is 5.79 Å². The standard InChI is InChI=1S/C21H26N2O5/c1-21(27-10-11-28-21)13-15-6-4-7-16(12-15)23-20(24)22-14-17-18(25-2)8-5-9-19(17)26-3/h4-9,12H,10-11,13-14H2,1-3H3,(H2,22,23,24). The van der Waals surface area contributed by atoms with Gasteiger partial charge in [-0.2, -0.15) is 0 Å². The second-order valence-electron chi connectivity index (χ2n) is 6.66. The van der Waals surface area contributed by atoms with Gasteiger partial charge in [0.1, 0.15) is 11.5 Å². The van der Waals surface area contributed by atoms with Crippen LogP contribution in [0.15, 0.2) is 42.5 Å². The summed E-state index contributed by atoms with van der Waals surface area (Å²) >= 11 is 0. The van der Waals surface area contributed by atoms with Crippen molar-refractivity contribution in [1.29, 1.82) is 0 Å². The predicted molar refractivity (Wildman–Crippen MR) is 106 cm³/mol. The van der Waals surface area contributed by atoms with Crippen molar-refractivity contribution in [3.63, 3.8) is 0 Å². The number of urea groups is 1. The number of ether oxygens (including phenoxy) is 4. The van der Waals surface area contributed by atoms with Crippen molar-refractivity contribution in [2.24, 2.45) is 0 Å². The maximum absolute atomic E-state index is 12.4. The van der Waals surface area contributed by atoms with E-state index in [0.717, 1.165) is 11.1 Å². The fourth-order valence-electron chi connectivity index (χ4n) is 3.23. The molecular formula is C21H26N2O5. The molecule has 7 nitrogen and oxygen atoms in total. The Bertz CT molecular complexity index is 796. The van der Waals surface area contributed by atoms with Gasteiger partial charge < -0.3 is 29.6 Å². The number of carbonyl (C=O) groups excluding carboxylic acids is 1. The summed E-state index contributed by atoms with van der Waals surface area (Å²) < 4.78 is 22.0. The second-order valence-corrected chi connectivity index (χ2v) is 6.66. The van der Waals surface area contributed by atoms with Crippen LogP contribution in [0.3, 0.4) is 0 Å². The van der Waals surface area contributed by atoms with E-state index >= 15 is 0 Å². The van der Waals surface area contributed by atoms with Gasteiger partial charge in [-0.25, -0.2) is 4.79 Å². The molecule has 0 radical (unpaired) electrons. The number of rotatable bonds is 7. The molecule has 1 heterocycles. The zero-order valence-corrected chi connectivity index (χ0v) is 16.4. The fourth-order valence-corrected chi connectivity index (χ4v) is 3.23. The second kappa shape index (κ2) is 8.95. The summed E-state index contributed by atoms with van der Waals surface area (Å²) in [5, 5.41) is 5.69. The lowest BCUT2D eigenvalue weighted by Crippen LogP contribution is -2.29. The number of benzene rings is 2. The van der Waals surface area contributed by atoms with Gasteiger partial charge in [-0.1, -0.05) is 18.2 Å². The van der Waals surface area contributed by atoms with Gasteiger partial charge in [0.15, 0.2) is 5.79 Å². The highest BCUT2D eigenvalue weighted by atomic mass is 16.7. The minimum absolute atomic E-state index is 0.276. The predicted octanol–water partition coefficient (Wildman–Crippen LogP) is 3.33. The molecule has 1 fully saturated rings. The number of hydrogen-bond acceptors (Lipinski definition) is 5. The van der Waals surface area contributed by atoms with E-state index in [-0.39, 0.29) is 12.6 Å². The molecule has 2 amide bonds. The average molecular weight is 386 g/mol. The van der Waals surface area contributed by atoms with Gasteiger partial charge in [0.2, 0.25) is 0 Å². The quantitative estimate of drug-likeness (QED) is 0.763. The van der Waals surface area contributed by atoms with Crippen molar-refractivity contribution in [3.8, 4) is 11.5 Å². The highest BCUT2D eigenvalue weighted by Crippen LogP contribution is 2.28. The number of carbonyl (C=O) groups is 1. The molecule has 28 heavy (non-hydrogen) atoms. The molecule has 0 spiro atoms. The molecule has 2 aromatic carbocycles. The van der Waals surface area contributed by atoms with Crippen LogP contribution in [-0.2, 0) is 22.4 Å². The molecule has 150 valence electrons. The first-order chi connectivity index (χ1) is 13.5. The fraction of sp³-hybridized carbons (Fsp3) is 0.381. The van der Waals surface area contributed by atoms with Crippen molar-refractivity contribution in [1.82, 2.24) is 5.32 Å². The maximum atomic E-state index is 12.4. The van der Waals surface area contributed by atoms with Crippen molar-refractivity contribution >= 4 is 11.7 Å². The maximum Gasteiger partial charge on any atom is 0.319 e. The lowest BCUT2D eigenvalue weighted by molar-refractivity contribution is -0.140. The third-order valence-corrected chi connectivity index (χ3v) is 4.56. The Kier molecular flexibility index (Phi) is 6.38. The number of hydrogen-bond donors (Lipinski definition) is 2. The average Bonchev–Trinajstić information content (AvgIpc) is 3.12. The molecule has 0 unspecified atom stereocenters. The normalized spacial score (nSPS) is 15.1. The van der Waals surface area contributed by atoms with Gasteiger partial charge in [-0.3, -0.25) is 0 Å². The molecule has 1 aliphatic rings. The number of nitrogens with one attached hydrogen (secondary N) is 2. The van der Waals surface area contributed by atoms with Gasteiger partial charge in [-0.05, 0) is 36.8 Å². The summed E-state index contributed by atoms with van der Waals surface area (Å²) in [5.41, 5.74) is 2.50. The molecule has 0 aromatic heterocycles. The smallest absolute Gasteiger partial charge is 0.319 e. The Morgan fingerprint density at radius 1 is 1.07 bits per heavy atom. The number of methoxy groups -OCH3 is 2. The van der Waals surface area contributed by atoms with Crippen LogP contribution < -0.4 is 20.1 Å². The summed E-state index contributed by atoms with van der Waals surface area (Å²) in [5.74, 6) is 0.708. The van der Waals surface area contributed by atoms with Crippen LogP contribution in [0.2, 0.25) is 0 Å². The highest BCUT2D eigenvalue weighted by Gasteiger charge is 2.31. The molecule has 2 N–H and O–H groups in total. The summed E-state index contributed by atoms with van der Waals surface area (Å²) in [6.45, 7) is 3.40. The molecule has 0 atom stereocenters. The Morgan fingerprint density at radius 3 is 2.36 bits per heavy atom. The largest absolute Gasteiger partial charge is 0.496 e. The third-order valence-electron chi connectivity index (χ3n) is 4.56. The van der Waals surface area contributed by atoms with Gasteiger partial charge >= 0.3 is 6.03 Å². The SMILES string of the molecule is COc1cccc(OC)c1CNC(=O)Nc1cccc(CC2(C)OCCO2)c1. The van der Waals surface area contributed by atoms with Crippen LogP contribution in [0.4, 0.5) is 10.5 Å². The zero-order chi connectivity index (χ0) is 20.0. The van der Waals surface area contributed by atoms with E-state index in [2.05, 4.69) is 10.6 Å². The minimum Gasteiger partial charge on any atom is -0.496 e. The van der Waals surface area contributed by atoms with Gasteiger partial charge in [-0.15, -0.1) is 0 Å². The zero-order valence-electron chi connectivity index (χ0n) is 16.4. The van der Waals surface area contributed by atoms with Crippen LogP contribution in [0.5, 0.6) is 11.5 Å². The van der Waals surface area contributed by atoms with Gasteiger partial charge in [0, 0.05) is 12.1 Å².